The highest BCUT2D eigenvalue weighted by atomic mass is 32.1. The van der Waals surface area contributed by atoms with Crippen molar-refractivity contribution in [1.82, 2.24) is 14.9 Å². The van der Waals surface area contributed by atoms with Crippen molar-refractivity contribution < 1.29 is 13.6 Å². The van der Waals surface area contributed by atoms with Gasteiger partial charge in [-0.2, -0.15) is 5.10 Å². The average Bonchev–Trinajstić information content (AvgIpc) is 3.65. The number of fused-ring (bicyclic) bond motifs is 1. The van der Waals surface area contributed by atoms with Crippen molar-refractivity contribution in [3.8, 4) is 0 Å². The molecule has 34 heavy (non-hydrogen) atoms. The first kappa shape index (κ1) is 21.1. The van der Waals surface area contributed by atoms with E-state index in [9.17, 15) is 4.79 Å². The molecule has 6 rings (SSSR count). The fourth-order valence-electron chi connectivity index (χ4n) is 4.67. The SMILES string of the molecule is O=C(CN1CCCN(c2nccs2)CC1)N1N=C(c2cc3ccccc3o2)CC1c1ccco1. The monoisotopic (exact) mass is 475 g/mol. The second-order valence-corrected chi connectivity index (χ2v) is 9.47. The minimum Gasteiger partial charge on any atom is -0.467 e. The molecule has 0 N–H and O–H groups in total. The number of rotatable bonds is 5. The Hall–Kier alpha value is -3.43. The molecule has 3 aromatic heterocycles. The molecule has 1 fully saturated rings. The molecule has 0 aliphatic carbocycles. The smallest absolute Gasteiger partial charge is 0.257 e. The minimum absolute atomic E-state index is 0.0322. The first-order valence-electron chi connectivity index (χ1n) is 11.5. The molecule has 0 bridgehead atoms. The largest absolute Gasteiger partial charge is 0.467 e. The number of benzene rings is 1. The van der Waals surface area contributed by atoms with Crippen LogP contribution >= 0.6 is 11.3 Å². The van der Waals surface area contributed by atoms with E-state index in [1.54, 1.807) is 22.6 Å². The Kier molecular flexibility index (Phi) is 5.64. The van der Waals surface area contributed by atoms with Gasteiger partial charge in [0.05, 0.1) is 12.8 Å². The fourth-order valence-corrected chi connectivity index (χ4v) is 5.37. The number of carbonyl (C=O) groups is 1. The molecule has 1 aromatic carbocycles. The van der Waals surface area contributed by atoms with Gasteiger partial charge in [-0.15, -0.1) is 11.3 Å². The molecule has 2 aliphatic heterocycles. The minimum atomic E-state index is -0.274. The van der Waals surface area contributed by atoms with Gasteiger partial charge in [-0.25, -0.2) is 9.99 Å². The number of thiazole rings is 1. The topological polar surface area (TPSA) is 78.3 Å². The number of para-hydroxylation sites is 1. The highest BCUT2D eigenvalue weighted by Crippen LogP contribution is 2.34. The molecule has 0 radical (unpaired) electrons. The van der Waals surface area contributed by atoms with Crippen LogP contribution in [0.5, 0.6) is 0 Å². The molecule has 0 saturated carbocycles. The van der Waals surface area contributed by atoms with Crippen molar-refractivity contribution in [3.05, 3.63) is 71.8 Å². The third-order valence-corrected chi connectivity index (χ3v) is 7.22. The van der Waals surface area contributed by atoms with Gasteiger partial charge in [-0.05, 0) is 30.7 Å². The van der Waals surface area contributed by atoms with Crippen LogP contribution in [0, 0.1) is 0 Å². The first-order chi connectivity index (χ1) is 16.7. The van der Waals surface area contributed by atoms with E-state index < -0.39 is 0 Å². The summed E-state index contributed by atoms with van der Waals surface area (Å²) in [7, 11) is 0. The molecule has 174 valence electrons. The van der Waals surface area contributed by atoms with E-state index in [1.807, 2.05) is 54.0 Å². The van der Waals surface area contributed by atoms with E-state index >= 15 is 0 Å². The highest BCUT2D eigenvalue weighted by molar-refractivity contribution is 7.13. The lowest BCUT2D eigenvalue weighted by Gasteiger charge is -2.25. The first-order valence-corrected chi connectivity index (χ1v) is 12.4. The standard InChI is InChI=1S/C25H25N5O3S/c31-24(17-28-9-4-10-29(12-11-28)25-26-8-14-34-25)30-20(22-7-3-13-32-22)16-19(27-30)23-15-18-5-1-2-6-21(18)33-23/h1-3,5-8,13-15,20H,4,9-12,16-17H2. The second-order valence-electron chi connectivity index (χ2n) is 8.60. The lowest BCUT2D eigenvalue weighted by molar-refractivity contribution is -0.134. The zero-order chi connectivity index (χ0) is 22.9. The van der Waals surface area contributed by atoms with Gasteiger partial charge in [0.25, 0.3) is 5.91 Å². The van der Waals surface area contributed by atoms with Crippen LogP contribution < -0.4 is 4.90 Å². The summed E-state index contributed by atoms with van der Waals surface area (Å²) in [6, 6.07) is 13.3. The van der Waals surface area contributed by atoms with E-state index in [2.05, 4.69) is 14.8 Å². The van der Waals surface area contributed by atoms with Gasteiger partial charge in [-0.3, -0.25) is 9.69 Å². The van der Waals surface area contributed by atoms with Crippen LogP contribution in [0.3, 0.4) is 0 Å². The Morgan fingerprint density at radius 3 is 2.88 bits per heavy atom. The molecule has 1 amide bonds. The van der Waals surface area contributed by atoms with Crippen molar-refractivity contribution in [2.45, 2.75) is 18.9 Å². The Labute approximate surface area is 201 Å². The number of nitrogens with zero attached hydrogens (tertiary/aromatic N) is 5. The van der Waals surface area contributed by atoms with Crippen LogP contribution in [-0.4, -0.2) is 59.2 Å². The number of amides is 1. The summed E-state index contributed by atoms with van der Waals surface area (Å²) in [5.74, 6) is 1.39. The van der Waals surface area contributed by atoms with E-state index in [0.717, 1.165) is 60.2 Å². The Morgan fingerprint density at radius 1 is 1.12 bits per heavy atom. The number of hydrogen-bond acceptors (Lipinski definition) is 8. The Morgan fingerprint density at radius 2 is 2.06 bits per heavy atom. The maximum Gasteiger partial charge on any atom is 0.257 e. The van der Waals surface area contributed by atoms with Crippen molar-refractivity contribution in [3.63, 3.8) is 0 Å². The Bertz CT molecular complexity index is 1260. The summed E-state index contributed by atoms with van der Waals surface area (Å²) in [6.07, 6.45) is 5.02. The molecular formula is C25H25N5O3S. The highest BCUT2D eigenvalue weighted by Gasteiger charge is 2.36. The predicted molar refractivity (Wildman–Crippen MR) is 131 cm³/mol. The number of hydrazone groups is 1. The van der Waals surface area contributed by atoms with Crippen LogP contribution in [-0.2, 0) is 4.79 Å². The Balaban J connectivity index is 1.20. The maximum absolute atomic E-state index is 13.5. The summed E-state index contributed by atoms with van der Waals surface area (Å²) in [5, 5.41) is 10.4. The number of anilines is 1. The van der Waals surface area contributed by atoms with Gasteiger partial charge >= 0.3 is 0 Å². The number of furan rings is 2. The van der Waals surface area contributed by atoms with Crippen molar-refractivity contribution in [2.75, 3.05) is 37.6 Å². The number of hydrogen-bond donors (Lipinski definition) is 0. The lowest BCUT2D eigenvalue weighted by atomic mass is 10.1. The van der Waals surface area contributed by atoms with Gasteiger partial charge in [0, 0.05) is 49.6 Å². The molecule has 4 aromatic rings. The summed E-state index contributed by atoms with van der Waals surface area (Å²) in [6.45, 7) is 3.80. The van der Waals surface area contributed by atoms with Crippen LogP contribution in [0.4, 0.5) is 5.13 Å². The summed E-state index contributed by atoms with van der Waals surface area (Å²) >= 11 is 1.66. The van der Waals surface area contributed by atoms with Crippen LogP contribution in [0.2, 0.25) is 0 Å². The quantitative estimate of drug-likeness (QED) is 0.427. The molecule has 1 unspecified atom stereocenters. The van der Waals surface area contributed by atoms with Gasteiger partial charge in [0.2, 0.25) is 0 Å². The molecule has 1 atom stereocenters. The number of aromatic nitrogens is 1. The normalized spacial score (nSPS) is 19.5. The van der Waals surface area contributed by atoms with Crippen molar-refractivity contribution in [2.24, 2.45) is 5.10 Å². The van der Waals surface area contributed by atoms with E-state index in [-0.39, 0.29) is 11.9 Å². The molecule has 0 spiro atoms. The summed E-state index contributed by atoms with van der Waals surface area (Å²) in [4.78, 5) is 22.4. The van der Waals surface area contributed by atoms with Crippen molar-refractivity contribution in [1.29, 1.82) is 0 Å². The number of carbonyl (C=O) groups excluding carboxylic acids is 1. The molecular weight excluding hydrogens is 450 g/mol. The average molecular weight is 476 g/mol. The van der Waals surface area contributed by atoms with Crippen LogP contribution in [0.25, 0.3) is 11.0 Å². The van der Waals surface area contributed by atoms with Gasteiger partial charge in [0.1, 0.15) is 23.1 Å². The van der Waals surface area contributed by atoms with Gasteiger partial charge in [0.15, 0.2) is 10.9 Å². The maximum atomic E-state index is 13.5. The molecule has 9 heteroatoms. The van der Waals surface area contributed by atoms with Crippen LogP contribution in [0.1, 0.15) is 30.4 Å². The molecule has 5 heterocycles. The van der Waals surface area contributed by atoms with E-state index in [0.29, 0.717) is 18.7 Å². The molecule has 1 saturated heterocycles. The van der Waals surface area contributed by atoms with E-state index in [4.69, 9.17) is 13.9 Å². The second kappa shape index (κ2) is 9.08. The molecule has 8 nitrogen and oxygen atoms in total. The zero-order valence-corrected chi connectivity index (χ0v) is 19.5. The van der Waals surface area contributed by atoms with E-state index in [1.165, 1.54) is 0 Å². The summed E-state index contributed by atoms with van der Waals surface area (Å²) < 4.78 is 11.7. The third-order valence-electron chi connectivity index (χ3n) is 6.38. The van der Waals surface area contributed by atoms with Gasteiger partial charge < -0.3 is 13.7 Å². The fraction of sp³-hybridized carbons (Fsp3) is 0.320. The predicted octanol–water partition coefficient (Wildman–Crippen LogP) is 4.37. The van der Waals surface area contributed by atoms with Crippen molar-refractivity contribution >= 4 is 39.1 Å². The summed E-state index contributed by atoms with van der Waals surface area (Å²) in [5.41, 5.74) is 1.57. The van der Waals surface area contributed by atoms with Gasteiger partial charge in [-0.1, -0.05) is 18.2 Å². The zero-order valence-electron chi connectivity index (χ0n) is 18.7. The molecule has 2 aliphatic rings. The van der Waals surface area contributed by atoms with Crippen LogP contribution in [0.15, 0.2) is 74.2 Å². The lowest BCUT2D eigenvalue weighted by Crippen LogP contribution is -2.40. The third kappa shape index (κ3) is 4.12.